The molecule has 0 aromatic heterocycles. The Morgan fingerprint density at radius 2 is 1.74 bits per heavy atom. The molecular formula is C13H9BrF3NO. The molecule has 2 nitrogen and oxygen atoms in total. The molecule has 0 spiro atoms. The lowest BCUT2D eigenvalue weighted by Crippen LogP contribution is -2.02. The van der Waals surface area contributed by atoms with Crippen LogP contribution in [0.25, 0.3) is 0 Å². The maximum atomic E-state index is 13.4. The lowest BCUT2D eigenvalue weighted by atomic mass is 10.2. The lowest BCUT2D eigenvalue weighted by molar-refractivity contribution is 0.283. The minimum Gasteiger partial charge on any atom is -0.486 e. The van der Waals surface area contributed by atoms with Gasteiger partial charge in [0.1, 0.15) is 18.2 Å². The fourth-order valence-electron chi connectivity index (χ4n) is 1.46. The maximum absolute atomic E-state index is 13.4. The second-order valence-corrected chi connectivity index (χ2v) is 4.74. The summed E-state index contributed by atoms with van der Waals surface area (Å²) in [5.41, 5.74) is 5.12. The zero-order valence-electron chi connectivity index (χ0n) is 9.59. The van der Waals surface area contributed by atoms with Crippen molar-refractivity contribution in [1.82, 2.24) is 0 Å². The van der Waals surface area contributed by atoms with Crippen molar-refractivity contribution in [2.24, 2.45) is 0 Å². The van der Waals surface area contributed by atoms with Gasteiger partial charge in [0.2, 0.25) is 0 Å². The normalized spacial score (nSPS) is 10.5. The minimum atomic E-state index is -0.797. The van der Waals surface area contributed by atoms with Gasteiger partial charge in [-0.05, 0) is 18.2 Å². The van der Waals surface area contributed by atoms with Gasteiger partial charge in [-0.1, -0.05) is 15.9 Å². The predicted octanol–water partition coefficient (Wildman–Crippen LogP) is 4.03. The number of rotatable bonds is 3. The Labute approximate surface area is 116 Å². The number of nitrogen functional groups attached to an aromatic ring is 1. The van der Waals surface area contributed by atoms with Crippen LogP contribution in [0.1, 0.15) is 5.56 Å². The summed E-state index contributed by atoms with van der Waals surface area (Å²) in [6.45, 7) is -0.217. The van der Waals surface area contributed by atoms with Crippen LogP contribution in [-0.4, -0.2) is 0 Å². The molecule has 19 heavy (non-hydrogen) atoms. The van der Waals surface area contributed by atoms with E-state index >= 15 is 0 Å². The Balaban J connectivity index is 2.19. The van der Waals surface area contributed by atoms with E-state index in [0.29, 0.717) is 4.47 Å². The molecule has 0 radical (unpaired) electrons. The highest BCUT2D eigenvalue weighted by Crippen LogP contribution is 2.24. The molecule has 2 N–H and O–H groups in total. The van der Waals surface area contributed by atoms with E-state index in [2.05, 4.69) is 15.9 Å². The molecule has 0 saturated heterocycles. The second-order valence-electron chi connectivity index (χ2n) is 3.83. The van der Waals surface area contributed by atoms with E-state index in [9.17, 15) is 13.2 Å². The van der Waals surface area contributed by atoms with Crippen LogP contribution in [-0.2, 0) is 6.61 Å². The van der Waals surface area contributed by atoms with Crippen LogP contribution in [0, 0.1) is 17.5 Å². The highest BCUT2D eigenvalue weighted by atomic mass is 79.9. The molecule has 2 aromatic carbocycles. The molecular weight excluding hydrogens is 323 g/mol. The Hall–Kier alpha value is -1.69. The third-order valence-electron chi connectivity index (χ3n) is 2.44. The van der Waals surface area contributed by atoms with Crippen molar-refractivity contribution in [3.63, 3.8) is 0 Å². The van der Waals surface area contributed by atoms with Gasteiger partial charge < -0.3 is 10.5 Å². The standard InChI is InChI=1S/C13H9BrF3NO/c14-8-1-2-9(15)7(3-8)6-19-13-5-10(16)12(18)4-11(13)17/h1-5H,6,18H2. The van der Waals surface area contributed by atoms with Crippen molar-refractivity contribution in [2.45, 2.75) is 6.61 Å². The average molecular weight is 332 g/mol. The zero-order valence-corrected chi connectivity index (χ0v) is 11.2. The van der Waals surface area contributed by atoms with Crippen molar-refractivity contribution in [1.29, 1.82) is 0 Å². The van der Waals surface area contributed by atoms with Crippen LogP contribution in [0.3, 0.4) is 0 Å². The van der Waals surface area contributed by atoms with Gasteiger partial charge in [-0.3, -0.25) is 0 Å². The van der Waals surface area contributed by atoms with Crippen molar-refractivity contribution in [3.8, 4) is 5.75 Å². The first-order chi connectivity index (χ1) is 8.97. The van der Waals surface area contributed by atoms with Crippen LogP contribution < -0.4 is 10.5 Å². The third kappa shape index (κ3) is 3.20. The maximum Gasteiger partial charge on any atom is 0.167 e. The summed E-state index contributed by atoms with van der Waals surface area (Å²) in [6.07, 6.45) is 0. The van der Waals surface area contributed by atoms with E-state index in [0.717, 1.165) is 12.1 Å². The largest absolute Gasteiger partial charge is 0.486 e. The SMILES string of the molecule is Nc1cc(F)c(OCc2cc(Br)ccc2F)cc1F. The monoisotopic (exact) mass is 331 g/mol. The van der Waals surface area contributed by atoms with Crippen LogP contribution in [0.4, 0.5) is 18.9 Å². The number of hydrogen-bond donors (Lipinski definition) is 1. The fourth-order valence-corrected chi connectivity index (χ4v) is 1.87. The van der Waals surface area contributed by atoms with Gasteiger partial charge in [-0.15, -0.1) is 0 Å². The molecule has 0 aliphatic rings. The van der Waals surface area contributed by atoms with Gasteiger partial charge in [0.05, 0.1) is 5.69 Å². The highest BCUT2D eigenvalue weighted by molar-refractivity contribution is 9.10. The number of halogens is 4. The van der Waals surface area contributed by atoms with Gasteiger partial charge in [0, 0.05) is 22.2 Å². The summed E-state index contributed by atoms with van der Waals surface area (Å²) in [6, 6.07) is 5.94. The zero-order chi connectivity index (χ0) is 14.0. The van der Waals surface area contributed by atoms with Crippen LogP contribution in [0.5, 0.6) is 5.75 Å². The highest BCUT2D eigenvalue weighted by Gasteiger charge is 2.10. The van der Waals surface area contributed by atoms with Gasteiger partial charge in [-0.2, -0.15) is 0 Å². The number of ether oxygens (including phenoxy) is 1. The average Bonchev–Trinajstić information content (AvgIpc) is 2.36. The molecule has 0 aliphatic carbocycles. The van der Waals surface area contributed by atoms with E-state index in [1.54, 1.807) is 0 Å². The summed E-state index contributed by atoms with van der Waals surface area (Å²) in [5, 5.41) is 0. The second kappa shape index (κ2) is 5.52. The van der Waals surface area contributed by atoms with E-state index in [1.807, 2.05) is 0 Å². The number of benzene rings is 2. The predicted molar refractivity (Wildman–Crippen MR) is 69.2 cm³/mol. The fraction of sp³-hybridized carbons (Fsp3) is 0.0769. The summed E-state index contributed by atoms with van der Waals surface area (Å²) in [7, 11) is 0. The minimum absolute atomic E-state index is 0.217. The first-order valence-electron chi connectivity index (χ1n) is 5.28. The first kappa shape index (κ1) is 13.7. The molecule has 0 atom stereocenters. The summed E-state index contributed by atoms with van der Waals surface area (Å²) in [5.74, 6) is -2.38. The van der Waals surface area contributed by atoms with Crippen molar-refractivity contribution in [2.75, 3.05) is 5.73 Å². The van der Waals surface area contributed by atoms with Crippen molar-refractivity contribution < 1.29 is 17.9 Å². The van der Waals surface area contributed by atoms with Gasteiger partial charge in [0.25, 0.3) is 0 Å². The van der Waals surface area contributed by atoms with Crippen LogP contribution in [0.2, 0.25) is 0 Å². The molecule has 0 fully saturated rings. The van der Waals surface area contributed by atoms with Crippen LogP contribution in [0.15, 0.2) is 34.8 Å². The molecule has 0 saturated carbocycles. The number of nitrogens with two attached hydrogens (primary N) is 1. The van der Waals surface area contributed by atoms with E-state index < -0.39 is 17.5 Å². The molecule has 0 unspecified atom stereocenters. The smallest absolute Gasteiger partial charge is 0.167 e. The summed E-state index contributed by atoms with van der Waals surface area (Å²) < 4.78 is 45.8. The van der Waals surface area contributed by atoms with E-state index in [4.69, 9.17) is 10.5 Å². The van der Waals surface area contributed by atoms with Crippen molar-refractivity contribution >= 4 is 21.6 Å². The van der Waals surface area contributed by atoms with E-state index in [1.165, 1.54) is 18.2 Å². The number of hydrogen-bond acceptors (Lipinski definition) is 2. The molecule has 0 amide bonds. The van der Waals surface area contributed by atoms with Gasteiger partial charge >= 0.3 is 0 Å². The summed E-state index contributed by atoms with van der Waals surface area (Å²) in [4.78, 5) is 0. The number of anilines is 1. The molecule has 0 aliphatic heterocycles. The lowest BCUT2D eigenvalue weighted by Gasteiger charge is -2.09. The molecule has 2 rings (SSSR count). The Kier molecular flexibility index (Phi) is 3.99. The third-order valence-corrected chi connectivity index (χ3v) is 2.94. The topological polar surface area (TPSA) is 35.2 Å². The van der Waals surface area contributed by atoms with E-state index in [-0.39, 0.29) is 23.6 Å². The Morgan fingerprint density at radius 1 is 1.00 bits per heavy atom. The summed E-state index contributed by atoms with van der Waals surface area (Å²) >= 11 is 3.19. The molecule has 0 heterocycles. The Morgan fingerprint density at radius 3 is 2.47 bits per heavy atom. The molecule has 2 aromatic rings. The quantitative estimate of drug-likeness (QED) is 0.862. The Bertz CT molecular complexity index is 619. The first-order valence-corrected chi connectivity index (χ1v) is 6.08. The molecule has 6 heteroatoms. The van der Waals surface area contributed by atoms with Crippen molar-refractivity contribution in [3.05, 3.63) is 57.8 Å². The molecule has 0 bridgehead atoms. The van der Waals surface area contributed by atoms with Gasteiger partial charge in [-0.25, -0.2) is 13.2 Å². The van der Waals surface area contributed by atoms with Crippen LogP contribution >= 0.6 is 15.9 Å². The van der Waals surface area contributed by atoms with Gasteiger partial charge in [0.15, 0.2) is 11.6 Å². The molecule has 100 valence electrons.